The highest BCUT2D eigenvalue weighted by Gasteiger charge is 2.10. The Bertz CT molecular complexity index is 732. The van der Waals surface area contributed by atoms with E-state index in [0.29, 0.717) is 11.8 Å². The van der Waals surface area contributed by atoms with Crippen molar-refractivity contribution in [2.45, 2.75) is 13.5 Å². The Labute approximate surface area is 140 Å². The van der Waals surface area contributed by atoms with Gasteiger partial charge in [0.2, 0.25) is 0 Å². The number of nitrogens with one attached hydrogen (secondary N) is 1. The molecule has 3 rings (SSSR count). The Morgan fingerprint density at radius 1 is 1.09 bits per heavy atom. The standard InChI is InChI=1S/C16H17N5O.ClH/c1-2-17-12-13-7-6-10-15(11-13)22-16-18-19-20-21(16)14-8-4-3-5-9-14;/h3-11,17H,2,12H2,1H3;1H/p-1. The molecule has 1 aromatic heterocycles. The maximum absolute atomic E-state index is 5.82. The van der Waals surface area contributed by atoms with Crippen LogP contribution in [0.25, 0.3) is 5.69 Å². The van der Waals surface area contributed by atoms with E-state index in [4.69, 9.17) is 4.74 Å². The second-order valence-corrected chi connectivity index (χ2v) is 4.74. The van der Waals surface area contributed by atoms with Crippen LogP contribution in [0.4, 0.5) is 0 Å². The lowest BCUT2D eigenvalue weighted by molar-refractivity contribution is -0.00000533. The van der Waals surface area contributed by atoms with Crippen LogP contribution in [0.5, 0.6) is 11.8 Å². The van der Waals surface area contributed by atoms with Gasteiger partial charge in [0.05, 0.1) is 5.69 Å². The van der Waals surface area contributed by atoms with Crippen LogP contribution < -0.4 is 22.5 Å². The summed E-state index contributed by atoms with van der Waals surface area (Å²) >= 11 is 0. The van der Waals surface area contributed by atoms with E-state index in [9.17, 15) is 0 Å². The van der Waals surface area contributed by atoms with E-state index in [2.05, 4.69) is 33.8 Å². The molecule has 0 bridgehead atoms. The number of halogens is 1. The van der Waals surface area contributed by atoms with Gasteiger partial charge in [-0.1, -0.05) is 42.4 Å². The minimum atomic E-state index is 0. The van der Waals surface area contributed by atoms with Crippen molar-refractivity contribution in [1.82, 2.24) is 25.5 Å². The lowest BCUT2D eigenvalue weighted by atomic mass is 10.2. The Morgan fingerprint density at radius 2 is 1.91 bits per heavy atom. The molecule has 0 fully saturated rings. The normalized spacial score (nSPS) is 10.1. The van der Waals surface area contributed by atoms with E-state index in [-0.39, 0.29) is 12.4 Å². The number of rotatable bonds is 6. The van der Waals surface area contributed by atoms with E-state index >= 15 is 0 Å². The molecule has 1 heterocycles. The number of ether oxygens (including phenoxy) is 1. The van der Waals surface area contributed by atoms with Crippen LogP contribution in [0.3, 0.4) is 0 Å². The van der Waals surface area contributed by atoms with E-state index in [1.165, 1.54) is 0 Å². The van der Waals surface area contributed by atoms with Crippen molar-refractivity contribution in [3.05, 3.63) is 60.2 Å². The Balaban J connectivity index is 0.00000192. The van der Waals surface area contributed by atoms with Gasteiger partial charge < -0.3 is 22.5 Å². The van der Waals surface area contributed by atoms with Crippen LogP contribution in [-0.4, -0.2) is 26.8 Å². The van der Waals surface area contributed by atoms with Crippen molar-refractivity contribution in [3.63, 3.8) is 0 Å². The van der Waals surface area contributed by atoms with Gasteiger partial charge in [0.25, 0.3) is 0 Å². The predicted molar refractivity (Wildman–Crippen MR) is 83.1 cm³/mol. The Kier molecular flexibility index (Phi) is 6.08. The monoisotopic (exact) mass is 330 g/mol. The molecule has 0 aliphatic heterocycles. The van der Waals surface area contributed by atoms with Crippen LogP contribution in [0.2, 0.25) is 0 Å². The van der Waals surface area contributed by atoms with Gasteiger partial charge in [-0.3, -0.25) is 0 Å². The smallest absolute Gasteiger partial charge is 0.345 e. The van der Waals surface area contributed by atoms with Crippen molar-refractivity contribution in [2.75, 3.05) is 6.54 Å². The van der Waals surface area contributed by atoms with Gasteiger partial charge in [-0.25, -0.2) is 0 Å². The van der Waals surface area contributed by atoms with E-state index in [1.807, 2.05) is 48.5 Å². The highest BCUT2D eigenvalue weighted by molar-refractivity contribution is 5.34. The lowest BCUT2D eigenvalue weighted by Crippen LogP contribution is -3.00. The minimum absolute atomic E-state index is 0. The molecule has 6 nitrogen and oxygen atoms in total. The first-order valence-electron chi connectivity index (χ1n) is 7.18. The summed E-state index contributed by atoms with van der Waals surface area (Å²) in [7, 11) is 0. The highest BCUT2D eigenvalue weighted by atomic mass is 35.5. The molecule has 0 spiro atoms. The molecule has 2 aromatic carbocycles. The second kappa shape index (κ2) is 8.26. The molecule has 7 heteroatoms. The van der Waals surface area contributed by atoms with Crippen molar-refractivity contribution >= 4 is 0 Å². The maximum atomic E-state index is 5.82. The Hall–Kier alpha value is -2.44. The molecule has 1 N–H and O–H groups in total. The van der Waals surface area contributed by atoms with Crippen LogP contribution in [0.1, 0.15) is 12.5 Å². The van der Waals surface area contributed by atoms with Crippen LogP contribution >= 0.6 is 0 Å². The summed E-state index contributed by atoms with van der Waals surface area (Å²) in [5, 5.41) is 14.9. The molecule has 120 valence electrons. The molecule has 23 heavy (non-hydrogen) atoms. The number of hydrogen-bond donors (Lipinski definition) is 1. The average molecular weight is 331 g/mol. The van der Waals surface area contributed by atoms with Gasteiger partial charge >= 0.3 is 6.01 Å². The van der Waals surface area contributed by atoms with Crippen molar-refractivity contribution in [2.24, 2.45) is 0 Å². The first-order chi connectivity index (χ1) is 10.9. The van der Waals surface area contributed by atoms with Gasteiger partial charge in [0, 0.05) is 6.54 Å². The Morgan fingerprint density at radius 3 is 2.70 bits per heavy atom. The first-order valence-corrected chi connectivity index (χ1v) is 7.18. The van der Waals surface area contributed by atoms with Gasteiger partial charge in [-0.2, -0.15) is 4.68 Å². The quantitative estimate of drug-likeness (QED) is 0.664. The molecule has 0 saturated carbocycles. The van der Waals surface area contributed by atoms with Gasteiger partial charge in [-0.15, -0.1) is 0 Å². The van der Waals surface area contributed by atoms with Crippen molar-refractivity contribution in [3.8, 4) is 17.4 Å². The van der Waals surface area contributed by atoms with E-state index in [0.717, 1.165) is 24.3 Å². The number of hydrogen-bond acceptors (Lipinski definition) is 5. The molecular weight excluding hydrogens is 314 g/mol. The molecule has 0 radical (unpaired) electrons. The molecular formula is C16H17ClN5O-. The van der Waals surface area contributed by atoms with Crippen LogP contribution in [0.15, 0.2) is 54.6 Å². The molecule has 0 aliphatic carbocycles. The van der Waals surface area contributed by atoms with Gasteiger partial charge in [-0.05, 0) is 46.8 Å². The molecule has 0 unspecified atom stereocenters. The number of aromatic nitrogens is 4. The zero-order valence-electron chi connectivity index (χ0n) is 12.7. The third kappa shape index (κ3) is 4.28. The van der Waals surface area contributed by atoms with Crippen molar-refractivity contribution < 1.29 is 17.1 Å². The maximum Gasteiger partial charge on any atom is 0.345 e. The summed E-state index contributed by atoms with van der Waals surface area (Å²) in [5.74, 6) is 0.711. The zero-order chi connectivity index (χ0) is 15.2. The van der Waals surface area contributed by atoms with Crippen LogP contribution in [0, 0.1) is 0 Å². The average Bonchev–Trinajstić information content (AvgIpc) is 3.02. The molecule has 0 aliphatic rings. The zero-order valence-corrected chi connectivity index (χ0v) is 13.4. The predicted octanol–water partition coefficient (Wildman–Crippen LogP) is -0.432. The highest BCUT2D eigenvalue weighted by Crippen LogP contribution is 2.21. The summed E-state index contributed by atoms with van der Waals surface area (Å²) in [6, 6.07) is 17.9. The fraction of sp³-hybridized carbons (Fsp3) is 0.188. The first kappa shape index (κ1) is 16.9. The van der Waals surface area contributed by atoms with Gasteiger partial charge in [0.15, 0.2) is 0 Å². The SMILES string of the molecule is CCNCc1cccc(Oc2nnnn2-c2ccccc2)c1.[Cl-]. The fourth-order valence-corrected chi connectivity index (χ4v) is 2.07. The van der Waals surface area contributed by atoms with Gasteiger partial charge in [0.1, 0.15) is 5.75 Å². The van der Waals surface area contributed by atoms with Crippen molar-refractivity contribution in [1.29, 1.82) is 0 Å². The summed E-state index contributed by atoms with van der Waals surface area (Å²) in [4.78, 5) is 0. The van der Waals surface area contributed by atoms with Crippen LogP contribution in [-0.2, 0) is 6.54 Å². The van der Waals surface area contributed by atoms with E-state index < -0.39 is 0 Å². The summed E-state index contributed by atoms with van der Waals surface area (Å²) in [5.41, 5.74) is 2.00. The minimum Gasteiger partial charge on any atom is -1.00 e. The summed E-state index contributed by atoms with van der Waals surface area (Å²) in [6.07, 6.45) is 0. The summed E-state index contributed by atoms with van der Waals surface area (Å²) < 4.78 is 7.39. The number of tetrazole rings is 1. The number of benzene rings is 2. The third-order valence-corrected chi connectivity index (χ3v) is 3.13. The number of para-hydroxylation sites is 1. The fourth-order valence-electron chi connectivity index (χ4n) is 2.07. The number of nitrogens with zero attached hydrogens (tertiary/aromatic N) is 4. The molecule has 0 atom stereocenters. The van der Waals surface area contributed by atoms with E-state index in [1.54, 1.807) is 4.68 Å². The third-order valence-electron chi connectivity index (χ3n) is 3.13. The molecule has 0 saturated heterocycles. The molecule has 0 amide bonds. The summed E-state index contributed by atoms with van der Waals surface area (Å²) in [6.45, 7) is 3.81. The second-order valence-electron chi connectivity index (χ2n) is 4.74. The largest absolute Gasteiger partial charge is 1.00 e. The topological polar surface area (TPSA) is 64.9 Å². The lowest BCUT2D eigenvalue weighted by Gasteiger charge is -2.08. The molecule has 3 aromatic rings.